The van der Waals surface area contributed by atoms with Crippen LogP contribution < -0.4 is 4.90 Å². The number of para-hydroxylation sites is 2. The molecule has 5 nitrogen and oxygen atoms in total. The third-order valence-corrected chi connectivity index (χ3v) is 7.59. The molecule has 0 spiro atoms. The van der Waals surface area contributed by atoms with E-state index in [1.807, 2.05) is 91.9 Å². The van der Waals surface area contributed by atoms with Gasteiger partial charge in [0, 0.05) is 84.2 Å². The zero-order chi connectivity index (χ0) is 30.4. The number of aromatic hydroxyl groups is 1. The molecule has 214 valence electrons. The van der Waals surface area contributed by atoms with Crippen LogP contribution in [0.15, 0.2) is 120 Å². The summed E-state index contributed by atoms with van der Waals surface area (Å²) >= 11 is 0. The molecule has 3 aromatic rings. The molecule has 0 aromatic heterocycles. The molecule has 0 saturated heterocycles. The summed E-state index contributed by atoms with van der Waals surface area (Å²) in [5.74, 6) is -0.101. The molecular weight excluding hydrogens is 520 g/mol. The number of hydrogen-bond acceptors (Lipinski definition) is 4. The lowest BCUT2D eigenvalue weighted by Crippen LogP contribution is -2.37. The van der Waals surface area contributed by atoms with Crippen LogP contribution in [0, 0.1) is 0 Å². The van der Waals surface area contributed by atoms with Crippen molar-refractivity contribution in [2.45, 2.75) is 59.5 Å². The van der Waals surface area contributed by atoms with Crippen molar-refractivity contribution in [1.29, 1.82) is 0 Å². The first-order valence-electron chi connectivity index (χ1n) is 14.3. The summed E-state index contributed by atoms with van der Waals surface area (Å²) in [4.78, 5) is 15.7. The second-order valence-corrected chi connectivity index (χ2v) is 12.8. The van der Waals surface area contributed by atoms with Gasteiger partial charge in [0.15, 0.2) is 11.3 Å². The number of phenols is 1. The molecule has 0 fully saturated rings. The Bertz CT molecular complexity index is 1710. The summed E-state index contributed by atoms with van der Waals surface area (Å²) < 4.78 is 2.16. The molecule has 0 amide bonds. The van der Waals surface area contributed by atoms with Crippen LogP contribution in [0.2, 0.25) is 0 Å². The molecule has 0 heterocycles. The van der Waals surface area contributed by atoms with Gasteiger partial charge in [-0.15, -0.1) is 0 Å². The number of ketones is 1. The van der Waals surface area contributed by atoms with Crippen LogP contribution in [0.5, 0.6) is 5.75 Å². The summed E-state index contributed by atoms with van der Waals surface area (Å²) in [6.45, 7) is 14.6. The first-order valence-corrected chi connectivity index (χ1v) is 14.3. The van der Waals surface area contributed by atoms with E-state index in [1.165, 1.54) is 0 Å². The summed E-state index contributed by atoms with van der Waals surface area (Å²) in [7, 11) is 0. The number of anilines is 2. The van der Waals surface area contributed by atoms with Gasteiger partial charge in [-0.3, -0.25) is 4.79 Å². The van der Waals surface area contributed by atoms with Crippen LogP contribution in [0.4, 0.5) is 17.1 Å². The molecule has 3 aromatic carbocycles. The van der Waals surface area contributed by atoms with Crippen molar-refractivity contribution in [3.63, 3.8) is 0 Å². The number of allylic oxidation sites excluding steroid dienone is 6. The average Bonchev–Trinajstić information content (AvgIpc) is 2.91. The summed E-state index contributed by atoms with van der Waals surface area (Å²) in [5, 5.41) is 22.3. The van der Waals surface area contributed by atoms with Gasteiger partial charge in [-0.25, -0.2) is 0 Å². The fraction of sp³-hybridized carbons (Fsp3) is 0.243. The zero-order valence-corrected chi connectivity index (χ0v) is 25.4. The second-order valence-electron chi connectivity index (χ2n) is 12.8. The Hall–Kier alpha value is -4.64. The van der Waals surface area contributed by atoms with Gasteiger partial charge in [-0.2, -0.15) is 4.58 Å². The molecule has 0 radical (unpaired) electrons. The van der Waals surface area contributed by atoms with E-state index in [9.17, 15) is 15.0 Å². The van der Waals surface area contributed by atoms with Crippen LogP contribution >= 0.6 is 0 Å². The van der Waals surface area contributed by atoms with Gasteiger partial charge in [-0.1, -0.05) is 36.4 Å². The molecule has 42 heavy (non-hydrogen) atoms. The lowest BCUT2D eigenvalue weighted by Gasteiger charge is -2.38. The van der Waals surface area contributed by atoms with Crippen molar-refractivity contribution < 1.29 is 19.6 Å². The molecular formula is C37H39N2O3+. The highest BCUT2D eigenvalue weighted by molar-refractivity contribution is 6.40. The van der Waals surface area contributed by atoms with Crippen molar-refractivity contribution in [3.05, 3.63) is 125 Å². The number of carbonyl (C=O) groups excluding carboxylic acids is 1. The van der Waals surface area contributed by atoms with E-state index in [1.54, 1.807) is 12.1 Å². The number of benzene rings is 3. The highest BCUT2D eigenvalue weighted by atomic mass is 16.3. The summed E-state index contributed by atoms with van der Waals surface area (Å²) in [5.41, 5.74) is 5.88. The standard InChI is InChI=1S/C37H38N2O3/c1-24-33(29-20-18-27(22-31(29)40)38(36(2,3)4)25-14-10-8-11-15-25)35(42)34(24)30-21-19-28(23-32(30)41)39(37(5,6)7)26-16-12-9-13-17-26/h8-23H,1-7H3,(H,40,41)/p+1. The van der Waals surface area contributed by atoms with E-state index in [-0.39, 0.29) is 28.4 Å². The Morgan fingerprint density at radius 2 is 1.36 bits per heavy atom. The first-order chi connectivity index (χ1) is 19.8. The minimum Gasteiger partial charge on any atom is -0.507 e. The predicted molar refractivity (Wildman–Crippen MR) is 172 cm³/mol. The number of carbonyl (C=O) groups is 1. The van der Waals surface area contributed by atoms with Crippen LogP contribution in [-0.2, 0) is 4.79 Å². The normalized spacial score (nSPS) is 18.5. The smallest absolute Gasteiger partial charge is 0.209 e. The zero-order valence-electron chi connectivity index (χ0n) is 25.4. The van der Waals surface area contributed by atoms with Crippen LogP contribution in [-0.4, -0.2) is 37.4 Å². The third kappa shape index (κ3) is 5.23. The molecule has 0 aliphatic heterocycles. The molecule has 2 aliphatic carbocycles. The van der Waals surface area contributed by atoms with E-state index in [2.05, 4.69) is 51.0 Å². The quantitative estimate of drug-likeness (QED) is 0.248. The van der Waals surface area contributed by atoms with Crippen molar-refractivity contribution in [2.75, 3.05) is 4.90 Å². The summed E-state index contributed by atoms with van der Waals surface area (Å²) in [6.07, 6.45) is 5.47. The van der Waals surface area contributed by atoms with Gasteiger partial charge in [0.2, 0.25) is 11.4 Å². The molecule has 0 saturated carbocycles. The first kappa shape index (κ1) is 28.9. The minimum absolute atomic E-state index is 0.0441. The van der Waals surface area contributed by atoms with E-state index < -0.39 is 0 Å². The Labute approximate surface area is 248 Å². The number of hydrogen-bond donors (Lipinski definition) is 2. The molecule has 2 aliphatic rings. The van der Waals surface area contributed by atoms with Gasteiger partial charge in [0.05, 0.1) is 6.08 Å². The number of nitrogens with zero attached hydrogens (tertiary/aromatic N) is 2. The Kier molecular flexibility index (Phi) is 7.32. The number of Topliss-reactive ketones (excluding diaryl/α,β-unsaturated/α-hetero) is 1. The van der Waals surface area contributed by atoms with Gasteiger partial charge < -0.3 is 15.1 Å². The van der Waals surface area contributed by atoms with Crippen molar-refractivity contribution in [2.24, 2.45) is 0 Å². The monoisotopic (exact) mass is 559 g/mol. The average molecular weight is 560 g/mol. The number of aliphatic hydroxyl groups excluding tert-OH is 1. The van der Waals surface area contributed by atoms with E-state index in [4.69, 9.17) is 0 Å². The largest absolute Gasteiger partial charge is 0.507 e. The van der Waals surface area contributed by atoms with Gasteiger partial charge >= 0.3 is 0 Å². The highest BCUT2D eigenvalue weighted by Gasteiger charge is 2.38. The highest BCUT2D eigenvalue weighted by Crippen LogP contribution is 2.45. The van der Waals surface area contributed by atoms with Crippen molar-refractivity contribution in [3.8, 4) is 5.75 Å². The van der Waals surface area contributed by atoms with Crippen LogP contribution in [0.25, 0.3) is 5.57 Å². The van der Waals surface area contributed by atoms with E-state index in [0.29, 0.717) is 22.3 Å². The number of aliphatic hydroxyl groups is 1. The molecule has 5 rings (SSSR count). The maximum Gasteiger partial charge on any atom is 0.209 e. The minimum atomic E-state index is -0.246. The third-order valence-electron chi connectivity index (χ3n) is 7.59. The lowest BCUT2D eigenvalue weighted by molar-refractivity contribution is -0.518. The predicted octanol–water partition coefficient (Wildman–Crippen LogP) is 8.58. The van der Waals surface area contributed by atoms with Crippen LogP contribution in [0.3, 0.4) is 0 Å². The van der Waals surface area contributed by atoms with Crippen LogP contribution in [0.1, 0.15) is 54.0 Å². The molecule has 0 bridgehead atoms. The van der Waals surface area contributed by atoms with E-state index in [0.717, 1.165) is 28.3 Å². The molecule has 5 heteroatoms. The van der Waals surface area contributed by atoms with Crippen molar-refractivity contribution >= 4 is 34.1 Å². The van der Waals surface area contributed by atoms with Gasteiger partial charge in [-0.05, 0) is 63.6 Å². The molecule has 2 N–H and O–H groups in total. The Balaban J connectivity index is 1.52. The number of rotatable bonds is 4. The van der Waals surface area contributed by atoms with Gasteiger partial charge in [0.1, 0.15) is 11.5 Å². The second kappa shape index (κ2) is 10.6. The Morgan fingerprint density at radius 3 is 1.88 bits per heavy atom. The van der Waals surface area contributed by atoms with E-state index >= 15 is 0 Å². The molecule has 0 unspecified atom stereocenters. The summed E-state index contributed by atoms with van der Waals surface area (Å²) in [6, 6.07) is 25.5. The fourth-order valence-corrected chi connectivity index (χ4v) is 5.92. The topological polar surface area (TPSA) is 63.8 Å². The molecule has 0 atom stereocenters. The van der Waals surface area contributed by atoms with Crippen molar-refractivity contribution in [1.82, 2.24) is 0 Å². The Morgan fingerprint density at radius 1 is 0.738 bits per heavy atom. The van der Waals surface area contributed by atoms with Gasteiger partial charge in [0.25, 0.3) is 0 Å². The lowest BCUT2D eigenvalue weighted by atomic mass is 9.75. The number of phenolic OH excluding ortho intramolecular Hbond substituents is 1. The maximum absolute atomic E-state index is 13.5. The maximum atomic E-state index is 13.5. The fourth-order valence-electron chi connectivity index (χ4n) is 5.92. The SMILES string of the molecule is CC1=C(c2ccc(N(c3ccccc3)C(C)(C)C)cc2O)C(=O)/C1=C1\C=CC(=[N+](c2ccccc2)C(C)(C)C)C=C1O.